The molecule has 0 spiro atoms. The van der Waals surface area contributed by atoms with Gasteiger partial charge in [0.05, 0.1) is 11.8 Å². The molecule has 2 aromatic carbocycles. The number of fused-ring (bicyclic) bond motifs is 1. The van der Waals surface area contributed by atoms with Gasteiger partial charge in [0.1, 0.15) is 0 Å². The molecule has 1 aliphatic heterocycles. The number of para-hydroxylation sites is 1. The molecule has 1 aliphatic carbocycles. The summed E-state index contributed by atoms with van der Waals surface area (Å²) in [5.41, 5.74) is 4.29. The summed E-state index contributed by atoms with van der Waals surface area (Å²) in [6.45, 7) is 5.35. The van der Waals surface area contributed by atoms with E-state index in [4.69, 9.17) is 0 Å². The number of hydrogen-bond acceptors (Lipinski definition) is 2. The number of nitrogens with zero attached hydrogens (tertiary/aromatic N) is 2. The first-order valence-electron chi connectivity index (χ1n) is 9.37. The molecule has 1 fully saturated rings. The molecule has 1 heterocycles. The molecule has 0 radical (unpaired) electrons. The van der Waals surface area contributed by atoms with Gasteiger partial charge in [0.2, 0.25) is 11.8 Å². The molecule has 0 aromatic heterocycles. The number of amides is 2. The normalized spacial score (nSPS) is 20.6. The molecule has 0 saturated heterocycles. The van der Waals surface area contributed by atoms with Gasteiger partial charge in [-0.05, 0) is 56.0 Å². The van der Waals surface area contributed by atoms with E-state index >= 15 is 0 Å². The van der Waals surface area contributed by atoms with E-state index in [0.29, 0.717) is 13.0 Å². The molecule has 4 nitrogen and oxygen atoms in total. The number of carbonyl (C=O) groups is 2. The van der Waals surface area contributed by atoms with Crippen LogP contribution in [0.1, 0.15) is 24.5 Å². The second kappa shape index (κ2) is 6.60. The van der Waals surface area contributed by atoms with Gasteiger partial charge < -0.3 is 9.80 Å². The van der Waals surface area contributed by atoms with E-state index in [1.165, 1.54) is 5.56 Å². The van der Waals surface area contributed by atoms with Crippen LogP contribution in [0.15, 0.2) is 48.5 Å². The van der Waals surface area contributed by atoms with Crippen molar-refractivity contribution in [2.24, 2.45) is 11.8 Å². The highest BCUT2D eigenvalue weighted by Crippen LogP contribution is 2.44. The predicted octanol–water partition coefficient (Wildman–Crippen LogP) is 3.57. The molecular formula is C22H24N2O2. The van der Waals surface area contributed by atoms with Gasteiger partial charge in [0.15, 0.2) is 0 Å². The van der Waals surface area contributed by atoms with Crippen LogP contribution in [0.2, 0.25) is 0 Å². The van der Waals surface area contributed by atoms with Crippen molar-refractivity contribution in [2.75, 3.05) is 22.9 Å². The Labute approximate surface area is 154 Å². The van der Waals surface area contributed by atoms with Crippen LogP contribution in [0, 0.1) is 18.8 Å². The largest absolute Gasteiger partial charge is 0.312 e. The third-order valence-corrected chi connectivity index (χ3v) is 5.47. The third-order valence-electron chi connectivity index (χ3n) is 5.47. The summed E-state index contributed by atoms with van der Waals surface area (Å²) in [4.78, 5) is 29.6. The van der Waals surface area contributed by atoms with Crippen LogP contribution in [0.4, 0.5) is 11.4 Å². The number of benzene rings is 2. The first-order chi connectivity index (χ1) is 12.6. The second-order valence-electron chi connectivity index (χ2n) is 7.24. The summed E-state index contributed by atoms with van der Waals surface area (Å²) in [5, 5.41) is 0. The first-order valence-corrected chi connectivity index (χ1v) is 9.37. The molecular weight excluding hydrogens is 324 g/mol. The fourth-order valence-corrected chi connectivity index (χ4v) is 3.97. The van der Waals surface area contributed by atoms with E-state index in [0.717, 1.165) is 29.9 Å². The fourth-order valence-electron chi connectivity index (χ4n) is 3.97. The fraction of sp³-hybridized carbons (Fsp3) is 0.364. The van der Waals surface area contributed by atoms with Gasteiger partial charge in [0, 0.05) is 24.5 Å². The summed E-state index contributed by atoms with van der Waals surface area (Å²) in [7, 11) is 0. The zero-order chi connectivity index (χ0) is 18.3. The van der Waals surface area contributed by atoms with Crippen molar-refractivity contribution < 1.29 is 9.59 Å². The quantitative estimate of drug-likeness (QED) is 0.847. The predicted molar refractivity (Wildman–Crippen MR) is 103 cm³/mol. The van der Waals surface area contributed by atoms with Crippen molar-refractivity contribution in [1.29, 1.82) is 0 Å². The highest BCUT2D eigenvalue weighted by molar-refractivity contribution is 6.05. The van der Waals surface area contributed by atoms with Gasteiger partial charge in [-0.3, -0.25) is 9.59 Å². The molecule has 2 atom stereocenters. The van der Waals surface area contributed by atoms with Gasteiger partial charge in [0.25, 0.3) is 0 Å². The number of rotatable bonds is 4. The molecule has 1 saturated carbocycles. The Hall–Kier alpha value is -2.62. The average Bonchev–Trinajstić information content (AvgIpc) is 3.34. The summed E-state index contributed by atoms with van der Waals surface area (Å²) < 4.78 is 0. The van der Waals surface area contributed by atoms with Crippen LogP contribution in [-0.4, -0.2) is 24.9 Å². The van der Waals surface area contributed by atoms with Gasteiger partial charge in [-0.15, -0.1) is 0 Å². The Morgan fingerprint density at radius 2 is 1.92 bits per heavy atom. The van der Waals surface area contributed by atoms with E-state index < -0.39 is 0 Å². The van der Waals surface area contributed by atoms with Crippen molar-refractivity contribution in [2.45, 2.75) is 26.7 Å². The van der Waals surface area contributed by atoms with E-state index in [2.05, 4.69) is 6.07 Å². The Morgan fingerprint density at radius 3 is 2.69 bits per heavy atom. The number of carbonyl (C=O) groups excluding carboxylic acids is 2. The van der Waals surface area contributed by atoms with Gasteiger partial charge in [-0.25, -0.2) is 0 Å². The maximum Gasteiger partial charge on any atom is 0.230 e. The van der Waals surface area contributed by atoms with Crippen molar-refractivity contribution >= 4 is 23.2 Å². The summed E-state index contributed by atoms with van der Waals surface area (Å²) in [6.07, 6.45) is 1.57. The third kappa shape index (κ3) is 2.90. The van der Waals surface area contributed by atoms with E-state index in [-0.39, 0.29) is 23.7 Å². The monoisotopic (exact) mass is 348 g/mol. The van der Waals surface area contributed by atoms with E-state index in [1.54, 1.807) is 0 Å². The molecule has 0 bridgehead atoms. The van der Waals surface area contributed by atoms with Crippen molar-refractivity contribution in [3.05, 3.63) is 59.7 Å². The van der Waals surface area contributed by atoms with Crippen LogP contribution >= 0.6 is 0 Å². The van der Waals surface area contributed by atoms with Gasteiger partial charge in [-0.1, -0.05) is 30.3 Å². The van der Waals surface area contributed by atoms with Crippen molar-refractivity contribution in [3.63, 3.8) is 0 Å². The molecule has 26 heavy (non-hydrogen) atoms. The molecule has 0 N–H and O–H groups in total. The molecule has 2 aromatic rings. The van der Waals surface area contributed by atoms with E-state index in [1.807, 2.05) is 66.1 Å². The molecule has 134 valence electrons. The Morgan fingerprint density at radius 1 is 1.12 bits per heavy atom. The molecule has 2 unspecified atom stereocenters. The van der Waals surface area contributed by atoms with Crippen LogP contribution < -0.4 is 9.80 Å². The molecule has 2 aliphatic rings. The zero-order valence-electron chi connectivity index (χ0n) is 15.3. The highest BCUT2D eigenvalue weighted by atomic mass is 16.2. The maximum atomic E-state index is 13.0. The number of aryl methyl sites for hydroxylation is 1. The smallest absolute Gasteiger partial charge is 0.230 e. The highest BCUT2D eigenvalue weighted by Gasteiger charge is 2.51. The maximum absolute atomic E-state index is 13.0. The van der Waals surface area contributed by atoms with Crippen LogP contribution in [0.25, 0.3) is 0 Å². The SMILES string of the molecule is CCN(C(=O)C1CC1C(=O)N1CCc2ccccc21)c1cccc(C)c1. The van der Waals surface area contributed by atoms with Crippen LogP contribution in [0.3, 0.4) is 0 Å². The molecule has 4 heteroatoms. The van der Waals surface area contributed by atoms with Crippen LogP contribution in [0.5, 0.6) is 0 Å². The lowest BCUT2D eigenvalue weighted by molar-refractivity contribution is -0.124. The number of hydrogen-bond donors (Lipinski definition) is 0. The number of anilines is 2. The van der Waals surface area contributed by atoms with Crippen LogP contribution in [-0.2, 0) is 16.0 Å². The lowest BCUT2D eigenvalue weighted by Gasteiger charge is -2.22. The summed E-state index contributed by atoms with van der Waals surface area (Å²) in [5.74, 6) is -0.180. The minimum Gasteiger partial charge on any atom is -0.312 e. The van der Waals surface area contributed by atoms with Gasteiger partial charge in [-0.2, -0.15) is 0 Å². The Kier molecular flexibility index (Phi) is 4.27. The Balaban J connectivity index is 1.48. The summed E-state index contributed by atoms with van der Waals surface area (Å²) >= 11 is 0. The topological polar surface area (TPSA) is 40.6 Å². The minimum atomic E-state index is -0.185. The lowest BCUT2D eigenvalue weighted by Crippen LogP contribution is -2.35. The average molecular weight is 348 g/mol. The van der Waals surface area contributed by atoms with Crippen molar-refractivity contribution in [1.82, 2.24) is 0 Å². The minimum absolute atomic E-state index is 0.0731. The lowest BCUT2D eigenvalue weighted by atomic mass is 10.1. The molecule has 2 amide bonds. The standard InChI is InChI=1S/C22H24N2O2/c1-3-23(17-9-6-7-15(2)13-17)21(25)18-14-19(18)22(26)24-12-11-16-8-4-5-10-20(16)24/h4-10,13,18-19H,3,11-12,14H2,1-2H3. The van der Waals surface area contributed by atoms with Crippen molar-refractivity contribution in [3.8, 4) is 0 Å². The molecule has 4 rings (SSSR count). The first kappa shape index (κ1) is 16.8. The van der Waals surface area contributed by atoms with E-state index in [9.17, 15) is 9.59 Å². The second-order valence-corrected chi connectivity index (χ2v) is 7.24. The summed E-state index contributed by atoms with van der Waals surface area (Å²) in [6, 6.07) is 16.0. The Bertz CT molecular complexity index is 861. The van der Waals surface area contributed by atoms with Gasteiger partial charge >= 0.3 is 0 Å². The zero-order valence-corrected chi connectivity index (χ0v) is 15.3.